The van der Waals surface area contributed by atoms with Crippen molar-refractivity contribution in [3.63, 3.8) is 0 Å². The van der Waals surface area contributed by atoms with Gasteiger partial charge >= 0.3 is 6.18 Å². The number of carbonyl (C=O) groups excluding carboxylic acids is 1. The summed E-state index contributed by atoms with van der Waals surface area (Å²) in [6.45, 7) is 0.136. The van der Waals surface area contributed by atoms with Gasteiger partial charge in [0.25, 0.3) is 5.91 Å². The van der Waals surface area contributed by atoms with Crippen molar-refractivity contribution in [1.82, 2.24) is 15.2 Å². The Balaban J connectivity index is 1.51. The Kier molecular flexibility index (Phi) is 6.11. The van der Waals surface area contributed by atoms with Crippen LogP contribution in [0.4, 0.5) is 13.2 Å². The van der Waals surface area contributed by atoms with Crippen LogP contribution in [0.1, 0.15) is 52.6 Å². The molecule has 0 radical (unpaired) electrons. The molecule has 1 aliphatic heterocycles. The van der Waals surface area contributed by atoms with Gasteiger partial charge in [0.2, 0.25) is 0 Å². The molecule has 1 aromatic heterocycles. The van der Waals surface area contributed by atoms with E-state index >= 15 is 0 Å². The van der Waals surface area contributed by atoms with Crippen LogP contribution in [0.15, 0.2) is 48.5 Å². The summed E-state index contributed by atoms with van der Waals surface area (Å²) in [7, 11) is 0. The highest BCUT2D eigenvalue weighted by Crippen LogP contribution is 2.39. The van der Waals surface area contributed by atoms with Crippen molar-refractivity contribution in [2.75, 3.05) is 13.1 Å². The van der Waals surface area contributed by atoms with Gasteiger partial charge in [0, 0.05) is 19.1 Å². The summed E-state index contributed by atoms with van der Waals surface area (Å²) in [5, 5.41) is 12.0. The molecule has 1 aromatic carbocycles. The third-order valence-electron chi connectivity index (χ3n) is 5.62. The van der Waals surface area contributed by atoms with Crippen LogP contribution in [0.25, 0.3) is 5.57 Å². The summed E-state index contributed by atoms with van der Waals surface area (Å²) in [5.74, 6) is -0.217. The van der Waals surface area contributed by atoms with E-state index in [9.17, 15) is 18.0 Å². The zero-order valence-corrected chi connectivity index (χ0v) is 16.9. The first-order chi connectivity index (χ1) is 14.8. The molecule has 1 aliphatic carbocycles. The van der Waals surface area contributed by atoms with Gasteiger partial charge in [-0.15, -0.1) is 0 Å². The fraction of sp³-hybridized carbons (Fsp3) is 0.391. The van der Waals surface area contributed by atoms with Crippen LogP contribution in [0, 0.1) is 0 Å². The molecule has 2 N–H and O–H groups in total. The van der Waals surface area contributed by atoms with E-state index in [1.807, 2.05) is 0 Å². The lowest BCUT2D eigenvalue weighted by Gasteiger charge is -2.35. The average molecular weight is 431 g/mol. The van der Waals surface area contributed by atoms with E-state index < -0.39 is 12.2 Å². The summed E-state index contributed by atoms with van der Waals surface area (Å²) >= 11 is 0. The minimum absolute atomic E-state index is 0.126. The van der Waals surface area contributed by atoms with E-state index in [2.05, 4.69) is 10.3 Å². The Morgan fingerprint density at radius 2 is 1.94 bits per heavy atom. The van der Waals surface area contributed by atoms with Crippen LogP contribution in [0.2, 0.25) is 0 Å². The zero-order valence-electron chi connectivity index (χ0n) is 16.9. The summed E-state index contributed by atoms with van der Waals surface area (Å²) < 4.78 is 41.6. The smallest absolute Gasteiger partial charge is 0.392 e. The standard InChI is InChI=1S/C23H24F3N3O2/c24-23(25,26)21(17-6-4-15(14-30)5-7-17)29-12-10-16(11-13-29)19-2-1-3-20(28-19)22(31)27-18-8-9-18/h1-7,10,18,21,30H,8-9,11-14H2,(H,27,31). The maximum atomic E-state index is 13.9. The molecule has 0 saturated heterocycles. The van der Waals surface area contributed by atoms with Crippen LogP contribution in [0.5, 0.6) is 0 Å². The average Bonchev–Trinajstić information content (AvgIpc) is 3.58. The fourth-order valence-electron chi connectivity index (χ4n) is 3.79. The van der Waals surface area contributed by atoms with E-state index in [1.54, 1.807) is 24.3 Å². The van der Waals surface area contributed by atoms with Crippen molar-refractivity contribution in [2.45, 2.75) is 44.1 Å². The van der Waals surface area contributed by atoms with Gasteiger partial charge in [-0.1, -0.05) is 36.4 Å². The molecule has 2 aliphatic rings. The van der Waals surface area contributed by atoms with E-state index in [4.69, 9.17) is 5.11 Å². The quantitative estimate of drug-likeness (QED) is 0.729. The molecule has 2 heterocycles. The highest BCUT2D eigenvalue weighted by Gasteiger charge is 2.44. The molecule has 1 atom stereocenters. The van der Waals surface area contributed by atoms with Crippen molar-refractivity contribution in [2.24, 2.45) is 0 Å². The Morgan fingerprint density at radius 3 is 2.52 bits per heavy atom. The molecule has 1 saturated carbocycles. The van der Waals surface area contributed by atoms with E-state index in [0.29, 0.717) is 23.4 Å². The highest BCUT2D eigenvalue weighted by atomic mass is 19.4. The molecule has 8 heteroatoms. The molecule has 1 unspecified atom stereocenters. The van der Waals surface area contributed by atoms with Gasteiger partial charge in [-0.25, -0.2) is 4.98 Å². The number of aliphatic hydroxyl groups is 1. The minimum Gasteiger partial charge on any atom is -0.392 e. The van der Waals surface area contributed by atoms with Gasteiger partial charge in [-0.3, -0.25) is 9.69 Å². The molecule has 0 bridgehead atoms. The topological polar surface area (TPSA) is 65.5 Å². The van der Waals surface area contributed by atoms with Crippen LogP contribution in [-0.4, -0.2) is 46.2 Å². The predicted octanol–water partition coefficient (Wildman–Crippen LogP) is 3.86. The Hall–Kier alpha value is -2.71. The lowest BCUT2D eigenvalue weighted by Crippen LogP contribution is -2.40. The Morgan fingerprint density at radius 1 is 1.19 bits per heavy atom. The molecule has 0 spiro atoms. The van der Waals surface area contributed by atoms with Crippen molar-refractivity contribution in [3.05, 3.63) is 71.1 Å². The molecule has 164 valence electrons. The normalized spacial score (nSPS) is 18.4. The second-order valence-corrected chi connectivity index (χ2v) is 7.97. The molecule has 2 aromatic rings. The minimum atomic E-state index is -4.43. The number of halogens is 3. The summed E-state index contributed by atoms with van der Waals surface area (Å²) in [4.78, 5) is 18.1. The molecule has 1 amide bonds. The number of aromatic nitrogens is 1. The van der Waals surface area contributed by atoms with E-state index in [-0.39, 0.29) is 37.2 Å². The maximum Gasteiger partial charge on any atom is 0.408 e. The molecular weight excluding hydrogens is 407 g/mol. The van der Waals surface area contributed by atoms with Crippen LogP contribution >= 0.6 is 0 Å². The van der Waals surface area contributed by atoms with E-state index in [1.165, 1.54) is 29.2 Å². The number of hydrogen-bond donors (Lipinski definition) is 2. The van der Waals surface area contributed by atoms with Crippen molar-refractivity contribution in [3.8, 4) is 0 Å². The number of nitrogens with zero attached hydrogens (tertiary/aromatic N) is 2. The lowest BCUT2D eigenvalue weighted by atomic mass is 9.98. The van der Waals surface area contributed by atoms with Crippen molar-refractivity contribution < 1.29 is 23.1 Å². The number of amides is 1. The predicted molar refractivity (Wildman–Crippen MR) is 110 cm³/mol. The second kappa shape index (κ2) is 8.80. The molecule has 5 nitrogen and oxygen atoms in total. The molecule has 31 heavy (non-hydrogen) atoms. The summed E-state index contributed by atoms with van der Waals surface area (Å²) in [6, 6.07) is 9.56. The summed E-state index contributed by atoms with van der Waals surface area (Å²) in [6.07, 6.45) is -0.298. The number of rotatable bonds is 6. The number of hydrogen-bond acceptors (Lipinski definition) is 4. The Bertz CT molecular complexity index is 969. The first-order valence-electron chi connectivity index (χ1n) is 10.3. The molecular formula is C23H24F3N3O2. The van der Waals surface area contributed by atoms with E-state index in [0.717, 1.165) is 18.4 Å². The Labute approximate surface area is 178 Å². The second-order valence-electron chi connectivity index (χ2n) is 7.97. The number of aliphatic hydroxyl groups excluding tert-OH is 1. The van der Waals surface area contributed by atoms with Crippen LogP contribution in [0.3, 0.4) is 0 Å². The third kappa shape index (κ3) is 5.14. The fourth-order valence-corrected chi connectivity index (χ4v) is 3.79. The molecule has 1 fully saturated rings. The largest absolute Gasteiger partial charge is 0.408 e. The van der Waals surface area contributed by atoms with Crippen molar-refractivity contribution >= 4 is 11.5 Å². The first-order valence-corrected chi connectivity index (χ1v) is 10.3. The van der Waals surface area contributed by atoms with Gasteiger partial charge in [0.15, 0.2) is 0 Å². The number of benzene rings is 1. The third-order valence-corrected chi connectivity index (χ3v) is 5.62. The SMILES string of the molecule is O=C(NC1CC1)c1cccc(C2=CCN(C(c3ccc(CO)cc3)C(F)(F)F)CC2)n1. The van der Waals surface area contributed by atoms with Gasteiger partial charge in [0.1, 0.15) is 11.7 Å². The van der Waals surface area contributed by atoms with Crippen LogP contribution < -0.4 is 5.32 Å². The van der Waals surface area contributed by atoms with Gasteiger partial charge in [-0.05, 0) is 48.1 Å². The number of alkyl halides is 3. The maximum absolute atomic E-state index is 13.9. The van der Waals surface area contributed by atoms with Crippen LogP contribution in [-0.2, 0) is 6.61 Å². The van der Waals surface area contributed by atoms with Gasteiger partial charge in [0.05, 0.1) is 12.3 Å². The lowest BCUT2D eigenvalue weighted by molar-refractivity contribution is -0.185. The van der Waals surface area contributed by atoms with Gasteiger partial charge in [-0.2, -0.15) is 13.2 Å². The highest BCUT2D eigenvalue weighted by molar-refractivity contribution is 5.93. The monoisotopic (exact) mass is 431 g/mol. The van der Waals surface area contributed by atoms with Crippen molar-refractivity contribution in [1.29, 1.82) is 0 Å². The number of pyridine rings is 1. The number of nitrogens with one attached hydrogen (secondary N) is 1. The zero-order chi connectivity index (χ0) is 22.0. The van der Waals surface area contributed by atoms with Gasteiger partial charge < -0.3 is 10.4 Å². The molecule has 4 rings (SSSR count). The first kappa shape index (κ1) is 21.5. The summed E-state index contributed by atoms with van der Waals surface area (Å²) in [5.41, 5.74) is 2.51. The number of carbonyl (C=O) groups is 1.